The lowest BCUT2D eigenvalue weighted by Crippen LogP contribution is -2.14. The van der Waals surface area contributed by atoms with Crippen molar-refractivity contribution in [2.24, 2.45) is 0 Å². The van der Waals surface area contributed by atoms with Crippen molar-refractivity contribution in [2.75, 3.05) is 10.0 Å². The Hall–Kier alpha value is -2.34. The van der Waals surface area contributed by atoms with Crippen LogP contribution in [0, 0.1) is 0 Å². The van der Waals surface area contributed by atoms with Crippen LogP contribution in [0.4, 0.5) is 11.4 Å². The molecule has 0 spiro atoms. The van der Waals surface area contributed by atoms with Gasteiger partial charge in [0.25, 0.3) is 10.0 Å². The normalized spacial score (nSPS) is 19.1. The van der Waals surface area contributed by atoms with E-state index in [0.29, 0.717) is 5.69 Å². The summed E-state index contributed by atoms with van der Waals surface area (Å²) in [6, 6.07) is 10.5. The molecule has 1 atom stereocenters. The van der Waals surface area contributed by atoms with Crippen molar-refractivity contribution in [1.29, 1.82) is 0 Å². The highest BCUT2D eigenvalue weighted by atomic mass is 32.2. The first-order chi connectivity index (χ1) is 11.9. The molecule has 1 aliphatic heterocycles. The third-order valence-electron chi connectivity index (χ3n) is 5.05. The molecule has 130 valence electrons. The molecule has 0 saturated heterocycles. The summed E-state index contributed by atoms with van der Waals surface area (Å²) in [5.41, 5.74) is 4.41. The van der Waals surface area contributed by atoms with Gasteiger partial charge in [0, 0.05) is 11.4 Å². The molecule has 5 nitrogen and oxygen atoms in total. The highest BCUT2D eigenvalue weighted by molar-refractivity contribution is 7.92. The number of hydrogen-bond donors (Lipinski definition) is 2. The quantitative estimate of drug-likeness (QED) is 0.885. The Labute approximate surface area is 147 Å². The first-order valence-electron chi connectivity index (χ1n) is 8.53. The molecular weight excluding hydrogens is 336 g/mol. The SMILES string of the molecule is CC1C(=O)Nc2ccc(NS(=O)(=O)c3ccc4c(c3)CCCC4)cc21. The first kappa shape index (κ1) is 16.1. The summed E-state index contributed by atoms with van der Waals surface area (Å²) in [5, 5.41) is 2.79. The highest BCUT2D eigenvalue weighted by Gasteiger charge is 2.27. The lowest BCUT2D eigenvalue weighted by molar-refractivity contribution is -0.116. The average Bonchev–Trinajstić information content (AvgIpc) is 2.88. The highest BCUT2D eigenvalue weighted by Crippen LogP contribution is 2.34. The number of sulfonamides is 1. The molecule has 25 heavy (non-hydrogen) atoms. The lowest BCUT2D eigenvalue weighted by atomic mass is 9.92. The maximum atomic E-state index is 12.7. The Morgan fingerprint density at radius 3 is 2.60 bits per heavy atom. The predicted octanol–water partition coefficient (Wildman–Crippen LogP) is 3.42. The van der Waals surface area contributed by atoms with Crippen molar-refractivity contribution in [3.8, 4) is 0 Å². The van der Waals surface area contributed by atoms with Crippen LogP contribution in [-0.4, -0.2) is 14.3 Å². The predicted molar refractivity (Wildman–Crippen MR) is 97.4 cm³/mol. The standard InChI is InChI=1S/C19H20N2O3S/c1-12-17-11-15(7-9-18(17)20-19(12)22)21-25(23,24)16-8-6-13-4-2-3-5-14(13)10-16/h6-12,21H,2-5H2,1H3,(H,20,22). The van der Waals surface area contributed by atoms with Crippen molar-refractivity contribution >= 4 is 27.3 Å². The van der Waals surface area contributed by atoms with Crippen molar-refractivity contribution in [2.45, 2.75) is 43.4 Å². The van der Waals surface area contributed by atoms with Gasteiger partial charge >= 0.3 is 0 Å². The van der Waals surface area contributed by atoms with Gasteiger partial charge in [0.2, 0.25) is 5.91 Å². The zero-order chi connectivity index (χ0) is 17.6. The Morgan fingerprint density at radius 1 is 1.04 bits per heavy atom. The fourth-order valence-electron chi connectivity index (χ4n) is 3.57. The monoisotopic (exact) mass is 356 g/mol. The van der Waals surface area contributed by atoms with Gasteiger partial charge in [-0.3, -0.25) is 9.52 Å². The number of fused-ring (bicyclic) bond motifs is 2. The summed E-state index contributed by atoms with van der Waals surface area (Å²) in [4.78, 5) is 12.0. The van der Waals surface area contributed by atoms with Crippen LogP contribution in [-0.2, 0) is 27.7 Å². The molecule has 6 heteroatoms. The van der Waals surface area contributed by atoms with E-state index in [9.17, 15) is 13.2 Å². The molecule has 4 rings (SSSR count). The minimum absolute atomic E-state index is 0.0651. The van der Waals surface area contributed by atoms with Crippen molar-refractivity contribution in [1.82, 2.24) is 0 Å². The lowest BCUT2D eigenvalue weighted by Gasteiger charge is -2.17. The molecular formula is C19H20N2O3S. The van der Waals surface area contributed by atoms with Gasteiger partial charge in [-0.1, -0.05) is 6.07 Å². The van der Waals surface area contributed by atoms with Crippen LogP contribution in [0.25, 0.3) is 0 Å². The molecule has 0 bridgehead atoms. The second-order valence-electron chi connectivity index (χ2n) is 6.76. The van der Waals surface area contributed by atoms with Gasteiger partial charge in [-0.2, -0.15) is 0 Å². The zero-order valence-electron chi connectivity index (χ0n) is 14.0. The summed E-state index contributed by atoms with van der Waals surface area (Å²) in [6.45, 7) is 1.81. The molecule has 0 fully saturated rings. The van der Waals surface area contributed by atoms with E-state index in [-0.39, 0.29) is 16.7 Å². The minimum atomic E-state index is -3.65. The molecule has 2 aliphatic rings. The summed E-state index contributed by atoms with van der Waals surface area (Å²) < 4.78 is 28.1. The number of anilines is 2. The smallest absolute Gasteiger partial charge is 0.261 e. The first-order valence-corrected chi connectivity index (χ1v) is 10.0. The van der Waals surface area contributed by atoms with Gasteiger partial charge in [0.1, 0.15) is 0 Å². The fourth-order valence-corrected chi connectivity index (χ4v) is 4.67. The Balaban J connectivity index is 1.63. The van der Waals surface area contributed by atoms with Crippen LogP contribution in [0.5, 0.6) is 0 Å². The summed E-state index contributed by atoms with van der Waals surface area (Å²) in [7, 11) is -3.65. The molecule has 1 amide bonds. The molecule has 2 N–H and O–H groups in total. The van der Waals surface area contributed by atoms with Crippen molar-refractivity contribution < 1.29 is 13.2 Å². The number of aryl methyl sites for hydroxylation is 2. The van der Waals surface area contributed by atoms with Crippen LogP contribution < -0.4 is 10.0 Å². The summed E-state index contributed by atoms with van der Waals surface area (Å²) in [5.74, 6) is -0.340. The third kappa shape index (κ3) is 2.91. The number of benzene rings is 2. The van der Waals surface area contributed by atoms with Crippen molar-refractivity contribution in [3.05, 3.63) is 53.1 Å². The van der Waals surface area contributed by atoms with Crippen LogP contribution in [0.15, 0.2) is 41.3 Å². The van der Waals surface area contributed by atoms with Gasteiger partial charge in [0.15, 0.2) is 0 Å². The minimum Gasteiger partial charge on any atom is -0.325 e. The molecule has 0 saturated carbocycles. The second kappa shape index (κ2) is 5.88. The topological polar surface area (TPSA) is 75.3 Å². The van der Waals surface area contributed by atoms with Crippen molar-refractivity contribution in [3.63, 3.8) is 0 Å². The van der Waals surface area contributed by atoms with E-state index >= 15 is 0 Å². The van der Waals surface area contributed by atoms with E-state index in [2.05, 4.69) is 10.0 Å². The number of amides is 1. The second-order valence-corrected chi connectivity index (χ2v) is 8.44. The molecule has 0 aromatic heterocycles. The Bertz CT molecular complexity index is 967. The van der Waals surface area contributed by atoms with E-state index in [4.69, 9.17) is 0 Å². The number of nitrogens with one attached hydrogen (secondary N) is 2. The number of carbonyl (C=O) groups excluding carboxylic acids is 1. The fraction of sp³-hybridized carbons (Fsp3) is 0.316. The third-order valence-corrected chi connectivity index (χ3v) is 6.43. The van der Waals surface area contributed by atoms with Gasteiger partial charge in [-0.25, -0.2) is 8.42 Å². The number of rotatable bonds is 3. The van der Waals surface area contributed by atoms with Gasteiger partial charge < -0.3 is 5.32 Å². The molecule has 0 radical (unpaired) electrons. The number of carbonyl (C=O) groups is 1. The van der Waals surface area contributed by atoms with E-state index in [1.807, 2.05) is 13.0 Å². The summed E-state index contributed by atoms with van der Waals surface area (Å²) in [6.07, 6.45) is 4.22. The largest absolute Gasteiger partial charge is 0.325 e. The zero-order valence-corrected chi connectivity index (χ0v) is 14.8. The maximum Gasteiger partial charge on any atom is 0.261 e. The molecule has 2 aromatic rings. The van der Waals surface area contributed by atoms with Gasteiger partial charge in [-0.15, -0.1) is 0 Å². The van der Waals surface area contributed by atoms with Crippen LogP contribution in [0.2, 0.25) is 0 Å². The van der Waals surface area contributed by atoms with Crippen LogP contribution in [0.1, 0.15) is 42.4 Å². The molecule has 1 unspecified atom stereocenters. The van der Waals surface area contributed by atoms with E-state index in [1.54, 1.807) is 30.3 Å². The van der Waals surface area contributed by atoms with Gasteiger partial charge in [0.05, 0.1) is 10.8 Å². The van der Waals surface area contributed by atoms with Crippen LogP contribution in [0.3, 0.4) is 0 Å². The average molecular weight is 356 g/mol. The maximum absolute atomic E-state index is 12.7. The van der Waals surface area contributed by atoms with E-state index in [1.165, 1.54) is 5.56 Å². The van der Waals surface area contributed by atoms with E-state index < -0.39 is 10.0 Å². The summed E-state index contributed by atoms with van der Waals surface area (Å²) >= 11 is 0. The van der Waals surface area contributed by atoms with E-state index in [0.717, 1.165) is 42.5 Å². The molecule has 2 aromatic carbocycles. The molecule has 1 aliphatic carbocycles. The van der Waals surface area contributed by atoms with Gasteiger partial charge in [-0.05, 0) is 79.6 Å². The Morgan fingerprint density at radius 2 is 1.80 bits per heavy atom. The van der Waals surface area contributed by atoms with Crippen LogP contribution >= 0.6 is 0 Å². The number of hydrogen-bond acceptors (Lipinski definition) is 3. The Kier molecular flexibility index (Phi) is 3.80. The molecule has 1 heterocycles.